The van der Waals surface area contributed by atoms with Crippen molar-refractivity contribution >= 4 is 17.7 Å². The number of rotatable bonds is 5. The summed E-state index contributed by atoms with van der Waals surface area (Å²) in [6.45, 7) is 5.73. The van der Waals surface area contributed by atoms with E-state index in [1.165, 1.54) is 36.2 Å². The van der Waals surface area contributed by atoms with Gasteiger partial charge in [-0.1, -0.05) is 32.1 Å². The maximum Gasteiger partial charge on any atom is 0.248 e. The molecule has 1 heterocycles. The topological polar surface area (TPSA) is 55.1 Å². The number of amides is 1. The fourth-order valence-corrected chi connectivity index (χ4v) is 4.72. The Balaban J connectivity index is 1.54. The lowest BCUT2D eigenvalue weighted by atomic mass is 9.75. The number of hydrogen-bond acceptors (Lipinski definition) is 3. The minimum atomic E-state index is -0.353. The van der Waals surface area contributed by atoms with Crippen molar-refractivity contribution in [3.63, 3.8) is 0 Å². The SMILES string of the molecule is CC1(C)CCC(NCC2=CC(c3cccc(C(N)=O)c3)CS2)CC1. The second kappa shape index (κ2) is 7.32. The van der Waals surface area contributed by atoms with Gasteiger partial charge in [-0.3, -0.25) is 4.79 Å². The molecule has 2 aliphatic rings. The molecule has 1 aromatic carbocycles. The molecule has 3 rings (SSSR count). The van der Waals surface area contributed by atoms with E-state index in [-0.39, 0.29) is 5.91 Å². The zero-order valence-electron chi connectivity index (χ0n) is 14.7. The third kappa shape index (κ3) is 4.42. The Kier molecular flexibility index (Phi) is 5.36. The Morgan fingerprint density at radius 2 is 2.08 bits per heavy atom. The number of primary amides is 1. The van der Waals surface area contributed by atoms with Crippen LogP contribution in [-0.4, -0.2) is 24.2 Å². The average molecular weight is 345 g/mol. The Morgan fingerprint density at radius 1 is 1.33 bits per heavy atom. The van der Waals surface area contributed by atoms with Crippen molar-refractivity contribution in [1.29, 1.82) is 0 Å². The summed E-state index contributed by atoms with van der Waals surface area (Å²) in [5.74, 6) is 1.08. The van der Waals surface area contributed by atoms with E-state index in [0.717, 1.165) is 12.3 Å². The molecule has 3 nitrogen and oxygen atoms in total. The second-order valence-electron chi connectivity index (χ2n) is 7.86. The van der Waals surface area contributed by atoms with Gasteiger partial charge in [-0.15, -0.1) is 11.8 Å². The highest BCUT2D eigenvalue weighted by molar-refractivity contribution is 8.03. The zero-order chi connectivity index (χ0) is 17.2. The molecule has 1 fully saturated rings. The highest BCUT2D eigenvalue weighted by Crippen LogP contribution is 2.37. The Morgan fingerprint density at radius 3 is 2.79 bits per heavy atom. The van der Waals surface area contributed by atoms with Gasteiger partial charge in [0, 0.05) is 29.8 Å². The van der Waals surface area contributed by atoms with Gasteiger partial charge in [-0.05, 0) is 53.7 Å². The molecule has 0 aromatic heterocycles. The van der Waals surface area contributed by atoms with Crippen LogP contribution < -0.4 is 11.1 Å². The van der Waals surface area contributed by atoms with E-state index in [4.69, 9.17) is 5.73 Å². The van der Waals surface area contributed by atoms with Crippen molar-refractivity contribution in [3.05, 3.63) is 46.4 Å². The van der Waals surface area contributed by atoms with Crippen molar-refractivity contribution < 1.29 is 4.79 Å². The van der Waals surface area contributed by atoms with Crippen LogP contribution in [0.5, 0.6) is 0 Å². The van der Waals surface area contributed by atoms with Crippen LogP contribution in [0.1, 0.15) is 61.4 Å². The third-order valence-corrected chi connectivity index (χ3v) is 6.52. The molecule has 24 heavy (non-hydrogen) atoms. The van der Waals surface area contributed by atoms with Crippen molar-refractivity contribution in [2.75, 3.05) is 12.3 Å². The molecule has 3 N–H and O–H groups in total. The molecule has 0 spiro atoms. The molecule has 1 atom stereocenters. The van der Waals surface area contributed by atoms with Crippen molar-refractivity contribution in [1.82, 2.24) is 5.32 Å². The highest BCUT2D eigenvalue weighted by Gasteiger charge is 2.27. The summed E-state index contributed by atoms with van der Waals surface area (Å²) in [4.78, 5) is 12.8. The van der Waals surface area contributed by atoms with Gasteiger partial charge in [0.25, 0.3) is 0 Å². The van der Waals surface area contributed by atoms with E-state index in [0.29, 0.717) is 22.9 Å². The molecule has 4 heteroatoms. The van der Waals surface area contributed by atoms with Crippen molar-refractivity contribution in [2.45, 2.75) is 51.5 Å². The first-order valence-corrected chi connectivity index (χ1v) is 9.88. The van der Waals surface area contributed by atoms with E-state index in [9.17, 15) is 4.79 Å². The number of nitrogens with one attached hydrogen (secondary N) is 1. The number of hydrogen-bond donors (Lipinski definition) is 2. The molecule has 1 aliphatic carbocycles. The first-order valence-electron chi connectivity index (χ1n) is 8.90. The lowest BCUT2D eigenvalue weighted by Crippen LogP contribution is -2.36. The number of nitrogens with two attached hydrogens (primary N) is 1. The Labute approximate surface area is 149 Å². The minimum absolute atomic E-state index is 0.353. The van der Waals surface area contributed by atoms with Crippen LogP contribution in [0.2, 0.25) is 0 Å². The van der Waals surface area contributed by atoms with Gasteiger partial charge in [0.2, 0.25) is 5.91 Å². The van der Waals surface area contributed by atoms with Gasteiger partial charge in [-0.25, -0.2) is 0 Å². The van der Waals surface area contributed by atoms with Crippen LogP contribution in [-0.2, 0) is 0 Å². The van der Waals surface area contributed by atoms with Gasteiger partial charge < -0.3 is 11.1 Å². The van der Waals surface area contributed by atoms with Gasteiger partial charge >= 0.3 is 0 Å². The summed E-state index contributed by atoms with van der Waals surface area (Å²) in [5, 5.41) is 3.74. The molecule has 1 saturated carbocycles. The summed E-state index contributed by atoms with van der Waals surface area (Å²) in [7, 11) is 0. The summed E-state index contributed by atoms with van der Waals surface area (Å²) >= 11 is 1.93. The van der Waals surface area contributed by atoms with Crippen LogP contribution in [0.4, 0.5) is 0 Å². The normalized spacial score (nSPS) is 23.9. The summed E-state index contributed by atoms with van der Waals surface area (Å²) < 4.78 is 0. The fourth-order valence-electron chi connectivity index (χ4n) is 3.59. The molecule has 1 amide bonds. The maximum atomic E-state index is 11.3. The largest absolute Gasteiger partial charge is 0.366 e. The molecule has 0 saturated heterocycles. The molecule has 1 aliphatic heterocycles. The van der Waals surface area contributed by atoms with E-state index >= 15 is 0 Å². The Bertz CT molecular complexity index is 628. The van der Waals surface area contributed by atoms with Gasteiger partial charge in [0.05, 0.1) is 0 Å². The molecule has 0 bridgehead atoms. The van der Waals surface area contributed by atoms with Crippen molar-refractivity contribution in [3.8, 4) is 0 Å². The maximum absolute atomic E-state index is 11.3. The van der Waals surface area contributed by atoms with Crippen molar-refractivity contribution in [2.24, 2.45) is 11.1 Å². The second-order valence-corrected chi connectivity index (χ2v) is 9.01. The molecule has 130 valence electrons. The van der Waals surface area contributed by atoms with Gasteiger partial charge in [-0.2, -0.15) is 0 Å². The lowest BCUT2D eigenvalue weighted by Gasteiger charge is -2.34. The fraction of sp³-hybridized carbons (Fsp3) is 0.550. The third-order valence-electron chi connectivity index (χ3n) is 5.34. The number of carbonyl (C=O) groups excluding carboxylic acids is 1. The highest BCUT2D eigenvalue weighted by atomic mass is 32.2. The smallest absolute Gasteiger partial charge is 0.248 e. The minimum Gasteiger partial charge on any atom is -0.366 e. The van der Waals surface area contributed by atoms with Gasteiger partial charge in [0.15, 0.2) is 0 Å². The molecular weight excluding hydrogens is 316 g/mol. The van der Waals surface area contributed by atoms with E-state index in [1.54, 1.807) is 6.07 Å². The summed E-state index contributed by atoms with van der Waals surface area (Å²) in [6, 6.07) is 8.40. The quantitative estimate of drug-likeness (QED) is 0.847. The van der Waals surface area contributed by atoms with E-state index in [2.05, 4.69) is 31.3 Å². The van der Waals surface area contributed by atoms with Crippen LogP contribution in [0.25, 0.3) is 0 Å². The number of carbonyl (C=O) groups is 1. The Hall–Kier alpha value is -1.26. The predicted molar refractivity (Wildman–Crippen MR) is 102 cm³/mol. The molecule has 1 unspecified atom stereocenters. The number of thioether (sulfide) groups is 1. The first-order chi connectivity index (χ1) is 11.4. The number of allylic oxidation sites excluding steroid dienone is 1. The zero-order valence-corrected chi connectivity index (χ0v) is 15.5. The summed E-state index contributed by atoms with van der Waals surface area (Å²) in [5.41, 5.74) is 7.70. The lowest BCUT2D eigenvalue weighted by molar-refractivity contribution is 0.1000. The van der Waals surface area contributed by atoms with Crippen LogP contribution in [0, 0.1) is 5.41 Å². The van der Waals surface area contributed by atoms with E-state index in [1.807, 2.05) is 23.9 Å². The summed E-state index contributed by atoms with van der Waals surface area (Å²) in [6.07, 6.45) is 7.56. The van der Waals surface area contributed by atoms with Gasteiger partial charge in [0.1, 0.15) is 0 Å². The van der Waals surface area contributed by atoms with Crippen LogP contribution in [0.15, 0.2) is 35.2 Å². The monoisotopic (exact) mass is 344 g/mol. The average Bonchev–Trinajstić information content (AvgIpc) is 3.03. The molecular formula is C20H28N2OS. The predicted octanol–water partition coefficient (Wildman–Crippen LogP) is 4.06. The van der Waals surface area contributed by atoms with E-state index < -0.39 is 0 Å². The standard InChI is InChI=1S/C20H28N2OS/c1-20(2)8-6-17(7-9-20)22-12-18-11-16(13-24-18)14-4-3-5-15(10-14)19(21)23/h3-5,10-11,16-17,22H,6-9,12-13H2,1-2H3,(H2,21,23). The van der Waals surface area contributed by atoms with Crippen LogP contribution in [0.3, 0.4) is 0 Å². The first kappa shape index (κ1) is 17.6. The number of benzene rings is 1. The van der Waals surface area contributed by atoms with Crippen LogP contribution >= 0.6 is 11.8 Å². The molecule has 1 aromatic rings. The molecule has 0 radical (unpaired) electrons.